The molecular weight excluding hydrogens is 442 g/mol. The van der Waals surface area contributed by atoms with E-state index in [1.54, 1.807) is 42.3 Å². The van der Waals surface area contributed by atoms with Crippen LogP contribution in [0.5, 0.6) is 11.5 Å². The summed E-state index contributed by atoms with van der Waals surface area (Å²) in [7, 11) is 1.59. The first kappa shape index (κ1) is 23.5. The number of rotatable bonds is 7. The van der Waals surface area contributed by atoms with E-state index >= 15 is 0 Å². The summed E-state index contributed by atoms with van der Waals surface area (Å²) in [5.74, 6) is -0.00912. The zero-order chi connectivity index (χ0) is 24.1. The number of benzene rings is 3. The summed E-state index contributed by atoms with van der Waals surface area (Å²) in [6, 6.07) is 17.5. The Balaban J connectivity index is 1.44. The van der Waals surface area contributed by atoms with Gasteiger partial charge in [-0.2, -0.15) is 8.78 Å². The van der Waals surface area contributed by atoms with Crippen LogP contribution in [0.1, 0.15) is 28.8 Å². The quantitative estimate of drug-likeness (QED) is 0.550. The Morgan fingerprint density at radius 2 is 1.76 bits per heavy atom. The van der Waals surface area contributed by atoms with Gasteiger partial charge >= 0.3 is 6.61 Å². The molecule has 1 aliphatic rings. The molecule has 4 rings (SSSR count). The number of alkyl halides is 2. The van der Waals surface area contributed by atoms with Crippen LogP contribution in [0.4, 0.5) is 8.78 Å². The maximum absolute atomic E-state index is 13.4. The topological polar surface area (TPSA) is 67.9 Å². The van der Waals surface area contributed by atoms with Crippen LogP contribution in [0.25, 0.3) is 10.8 Å². The Hall–Kier alpha value is -3.68. The average molecular weight is 469 g/mol. The lowest BCUT2D eigenvalue weighted by Gasteiger charge is -2.32. The van der Waals surface area contributed by atoms with Gasteiger partial charge in [-0.1, -0.05) is 42.5 Å². The minimum absolute atomic E-state index is 0.0321. The number of nitrogens with zero attached hydrogens (tertiary/aromatic N) is 1. The normalized spacial score (nSPS) is 15.9. The van der Waals surface area contributed by atoms with E-state index in [1.807, 2.05) is 24.3 Å². The Morgan fingerprint density at radius 1 is 1.03 bits per heavy atom. The van der Waals surface area contributed by atoms with Crippen LogP contribution in [0.15, 0.2) is 60.7 Å². The first-order chi connectivity index (χ1) is 16.5. The van der Waals surface area contributed by atoms with Crippen molar-refractivity contribution in [1.29, 1.82) is 0 Å². The Morgan fingerprint density at radius 3 is 2.53 bits per heavy atom. The van der Waals surface area contributed by atoms with Gasteiger partial charge < -0.3 is 19.7 Å². The highest BCUT2D eigenvalue weighted by molar-refractivity contribution is 6.08. The maximum atomic E-state index is 13.4. The number of piperidine rings is 1. The van der Waals surface area contributed by atoms with Gasteiger partial charge in [0.2, 0.25) is 5.91 Å². The monoisotopic (exact) mass is 468 g/mol. The molecule has 0 bridgehead atoms. The average Bonchev–Trinajstić information content (AvgIpc) is 2.86. The number of nitrogens with one attached hydrogen (secondary N) is 1. The summed E-state index contributed by atoms with van der Waals surface area (Å²) in [4.78, 5) is 27.9. The third-order valence-corrected chi connectivity index (χ3v) is 6.06. The fraction of sp³-hybridized carbons (Fsp3) is 0.308. The van der Waals surface area contributed by atoms with E-state index in [0.29, 0.717) is 42.8 Å². The molecule has 8 heteroatoms. The first-order valence-electron chi connectivity index (χ1n) is 11.1. The van der Waals surface area contributed by atoms with Crippen molar-refractivity contribution in [2.24, 2.45) is 5.92 Å². The molecule has 3 aromatic rings. The lowest BCUT2D eigenvalue weighted by atomic mass is 9.95. The molecule has 0 aliphatic carbocycles. The largest absolute Gasteiger partial charge is 0.496 e. The predicted molar refractivity (Wildman–Crippen MR) is 124 cm³/mol. The van der Waals surface area contributed by atoms with Crippen molar-refractivity contribution in [2.75, 3.05) is 20.2 Å². The number of fused-ring (bicyclic) bond motifs is 1. The molecule has 0 spiro atoms. The summed E-state index contributed by atoms with van der Waals surface area (Å²) in [6.45, 7) is -2.02. The SMILES string of the molecule is COc1ccc(C(=O)N2CCCC(C(=O)NCc3ccccc3OC(F)F)C2)c2ccccc12. The summed E-state index contributed by atoms with van der Waals surface area (Å²) in [6.07, 6.45) is 1.34. The molecule has 0 saturated carbocycles. The van der Waals surface area contributed by atoms with Gasteiger partial charge in [0, 0.05) is 36.1 Å². The Kier molecular flexibility index (Phi) is 7.25. The van der Waals surface area contributed by atoms with Gasteiger partial charge in [0.25, 0.3) is 5.91 Å². The molecule has 1 unspecified atom stereocenters. The molecule has 2 amide bonds. The van der Waals surface area contributed by atoms with Gasteiger partial charge in [-0.05, 0) is 36.4 Å². The number of methoxy groups -OCH3 is 1. The van der Waals surface area contributed by atoms with Crippen molar-refractivity contribution in [2.45, 2.75) is 26.0 Å². The highest BCUT2D eigenvalue weighted by Gasteiger charge is 2.29. The minimum atomic E-state index is -2.94. The molecule has 1 fully saturated rings. The summed E-state index contributed by atoms with van der Waals surface area (Å²) < 4.78 is 35.2. The van der Waals surface area contributed by atoms with E-state index in [2.05, 4.69) is 10.1 Å². The van der Waals surface area contributed by atoms with Gasteiger partial charge in [-0.25, -0.2) is 0 Å². The standard InChI is InChI=1S/C26H26F2N2O4/c1-33-23-13-12-21(19-9-3-4-10-20(19)23)25(32)30-14-6-8-18(16-30)24(31)29-15-17-7-2-5-11-22(17)34-26(27)28/h2-5,7,9-13,18,26H,6,8,14-16H2,1H3,(H,29,31). The Bertz CT molecular complexity index is 1180. The minimum Gasteiger partial charge on any atom is -0.496 e. The molecule has 1 aliphatic heterocycles. The summed E-state index contributed by atoms with van der Waals surface area (Å²) in [5, 5.41) is 4.46. The molecule has 0 aromatic heterocycles. The number of carbonyl (C=O) groups is 2. The summed E-state index contributed by atoms with van der Waals surface area (Å²) in [5.41, 5.74) is 1.03. The van der Waals surface area contributed by atoms with Crippen molar-refractivity contribution in [1.82, 2.24) is 10.2 Å². The fourth-order valence-corrected chi connectivity index (χ4v) is 4.37. The molecular formula is C26H26F2N2O4. The molecule has 1 saturated heterocycles. The van der Waals surface area contributed by atoms with E-state index in [-0.39, 0.29) is 30.0 Å². The first-order valence-corrected chi connectivity index (χ1v) is 11.1. The van der Waals surface area contributed by atoms with Crippen molar-refractivity contribution < 1.29 is 27.8 Å². The van der Waals surface area contributed by atoms with Crippen LogP contribution in [0, 0.1) is 5.92 Å². The van der Waals surface area contributed by atoms with Crippen molar-refractivity contribution >= 4 is 22.6 Å². The number of halogens is 2. The van der Waals surface area contributed by atoms with E-state index in [1.165, 1.54) is 6.07 Å². The van der Waals surface area contributed by atoms with Crippen molar-refractivity contribution in [3.63, 3.8) is 0 Å². The van der Waals surface area contributed by atoms with Crippen LogP contribution >= 0.6 is 0 Å². The maximum Gasteiger partial charge on any atom is 0.387 e. The predicted octanol–water partition coefficient (Wildman–Crippen LogP) is 4.62. The summed E-state index contributed by atoms with van der Waals surface area (Å²) >= 11 is 0. The molecule has 1 atom stereocenters. The molecule has 178 valence electrons. The number of ether oxygens (including phenoxy) is 2. The van der Waals surface area contributed by atoms with E-state index in [9.17, 15) is 18.4 Å². The van der Waals surface area contributed by atoms with Crippen LogP contribution in [0.3, 0.4) is 0 Å². The van der Waals surface area contributed by atoms with E-state index in [4.69, 9.17) is 4.74 Å². The van der Waals surface area contributed by atoms with Gasteiger partial charge in [0.05, 0.1) is 13.0 Å². The number of hydrogen-bond acceptors (Lipinski definition) is 4. The zero-order valence-electron chi connectivity index (χ0n) is 18.8. The van der Waals surface area contributed by atoms with Gasteiger partial charge in [0.15, 0.2) is 0 Å². The fourth-order valence-electron chi connectivity index (χ4n) is 4.37. The molecule has 1 heterocycles. The molecule has 34 heavy (non-hydrogen) atoms. The molecule has 1 N–H and O–H groups in total. The van der Waals surface area contributed by atoms with Gasteiger partial charge in [0.1, 0.15) is 11.5 Å². The van der Waals surface area contributed by atoms with Gasteiger partial charge in [-0.3, -0.25) is 9.59 Å². The number of hydrogen-bond donors (Lipinski definition) is 1. The van der Waals surface area contributed by atoms with Crippen molar-refractivity contribution in [3.8, 4) is 11.5 Å². The van der Waals surface area contributed by atoms with Crippen LogP contribution in [0.2, 0.25) is 0 Å². The number of para-hydroxylation sites is 1. The van der Waals surface area contributed by atoms with E-state index < -0.39 is 6.61 Å². The lowest BCUT2D eigenvalue weighted by molar-refractivity contribution is -0.126. The molecule has 6 nitrogen and oxygen atoms in total. The van der Waals surface area contributed by atoms with Crippen LogP contribution < -0.4 is 14.8 Å². The van der Waals surface area contributed by atoms with E-state index in [0.717, 1.165) is 10.8 Å². The highest BCUT2D eigenvalue weighted by Crippen LogP contribution is 2.30. The zero-order valence-corrected chi connectivity index (χ0v) is 18.8. The smallest absolute Gasteiger partial charge is 0.387 e. The third-order valence-electron chi connectivity index (χ3n) is 6.06. The second-order valence-corrected chi connectivity index (χ2v) is 8.16. The number of likely N-dealkylation sites (tertiary alicyclic amines) is 1. The number of carbonyl (C=O) groups excluding carboxylic acids is 2. The highest BCUT2D eigenvalue weighted by atomic mass is 19.3. The van der Waals surface area contributed by atoms with Crippen LogP contribution in [-0.4, -0.2) is 43.5 Å². The van der Waals surface area contributed by atoms with Crippen molar-refractivity contribution in [3.05, 3.63) is 71.8 Å². The second kappa shape index (κ2) is 10.5. The lowest BCUT2D eigenvalue weighted by Crippen LogP contribution is -2.45. The second-order valence-electron chi connectivity index (χ2n) is 8.16. The third kappa shape index (κ3) is 5.11. The molecule has 0 radical (unpaired) electrons. The van der Waals surface area contributed by atoms with Crippen LogP contribution in [-0.2, 0) is 11.3 Å². The Labute approximate surface area is 196 Å². The van der Waals surface area contributed by atoms with Gasteiger partial charge in [-0.15, -0.1) is 0 Å². The molecule has 3 aromatic carbocycles. The number of amides is 2.